The van der Waals surface area contributed by atoms with Gasteiger partial charge in [-0.1, -0.05) is 12.2 Å². The maximum absolute atomic E-state index is 10.6. The molecule has 0 heterocycles. The van der Waals surface area contributed by atoms with E-state index >= 15 is 0 Å². The average molecular weight is 138 g/mol. The highest BCUT2D eigenvalue weighted by Crippen LogP contribution is 2.04. The molecule has 0 aromatic heterocycles. The molecule has 0 saturated carbocycles. The molecule has 0 atom stereocenters. The zero-order valence-electron chi connectivity index (χ0n) is 5.05. The lowest BCUT2D eigenvalue weighted by atomic mass is 10.1. The van der Waals surface area contributed by atoms with Crippen LogP contribution in [0.5, 0.6) is 0 Å². The van der Waals surface area contributed by atoms with Crippen molar-refractivity contribution in [1.82, 2.24) is 0 Å². The minimum Gasteiger partial charge on any atom is -0.290 e. The van der Waals surface area contributed by atoms with E-state index in [0.717, 1.165) is 10.4 Å². The molecule has 0 N–H and O–H groups in total. The molecule has 0 aromatic rings. The molecule has 0 unspecified atom stereocenters. The number of ketones is 1. The van der Waals surface area contributed by atoms with Crippen LogP contribution in [0.1, 0.15) is 6.92 Å². The standard InChI is InChI=1S/C7H6OS/c1-5-4-6(8)2-3-7(5)9/h2-4H,1H3. The second-order valence-corrected chi connectivity index (χ2v) is 2.37. The summed E-state index contributed by atoms with van der Waals surface area (Å²) in [5.41, 5.74) is 0.887. The second-order valence-electron chi connectivity index (χ2n) is 1.93. The summed E-state index contributed by atoms with van der Waals surface area (Å²) in [7, 11) is 0. The number of carbonyl (C=O) groups excluding carboxylic acids is 1. The molecule has 0 spiro atoms. The van der Waals surface area contributed by atoms with E-state index in [1.54, 1.807) is 12.2 Å². The van der Waals surface area contributed by atoms with Crippen LogP contribution < -0.4 is 0 Å². The van der Waals surface area contributed by atoms with Crippen LogP contribution in [0.4, 0.5) is 0 Å². The molecule has 0 aromatic carbocycles. The summed E-state index contributed by atoms with van der Waals surface area (Å²) in [4.78, 5) is 11.4. The lowest BCUT2D eigenvalue weighted by Crippen LogP contribution is -2.01. The van der Waals surface area contributed by atoms with Crippen LogP contribution in [-0.4, -0.2) is 10.6 Å². The lowest BCUT2D eigenvalue weighted by Gasteiger charge is -2.00. The van der Waals surface area contributed by atoms with E-state index in [1.807, 2.05) is 6.92 Å². The molecule has 1 nitrogen and oxygen atoms in total. The average Bonchev–Trinajstić information content (AvgIpc) is 1.80. The van der Waals surface area contributed by atoms with Crippen molar-refractivity contribution in [2.24, 2.45) is 0 Å². The third-order valence-corrected chi connectivity index (χ3v) is 1.60. The number of allylic oxidation sites excluding steroid dienone is 4. The summed E-state index contributed by atoms with van der Waals surface area (Å²) in [6.45, 7) is 1.84. The zero-order valence-corrected chi connectivity index (χ0v) is 5.87. The summed E-state index contributed by atoms with van der Waals surface area (Å²) in [6.07, 6.45) is 4.69. The molecule has 0 saturated heterocycles. The Labute approximate surface area is 59.1 Å². The summed E-state index contributed by atoms with van der Waals surface area (Å²) in [5.74, 6) is 0.0288. The van der Waals surface area contributed by atoms with Crippen LogP contribution in [-0.2, 0) is 4.79 Å². The molecule has 0 fully saturated rings. The van der Waals surface area contributed by atoms with Gasteiger partial charge in [0.1, 0.15) is 0 Å². The third kappa shape index (κ3) is 1.33. The first-order chi connectivity index (χ1) is 4.20. The Bertz CT molecular complexity index is 223. The van der Waals surface area contributed by atoms with E-state index < -0.39 is 0 Å². The number of carbonyl (C=O) groups is 1. The highest BCUT2D eigenvalue weighted by Gasteiger charge is 2.02. The van der Waals surface area contributed by atoms with Gasteiger partial charge in [-0.15, -0.1) is 0 Å². The highest BCUT2D eigenvalue weighted by molar-refractivity contribution is 7.81. The van der Waals surface area contributed by atoms with Gasteiger partial charge in [-0.05, 0) is 30.7 Å². The topological polar surface area (TPSA) is 17.1 Å². The fourth-order valence-corrected chi connectivity index (χ4v) is 0.749. The van der Waals surface area contributed by atoms with Crippen molar-refractivity contribution in [2.45, 2.75) is 6.92 Å². The van der Waals surface area contributed by atoms with Crippen LogP contribution in [0.2, 0.25) is 0 Å². The summed E-state index contributed by atoms with van der Waals surface area (Å²) < 4.78 is 0. The molecular weight excluding hydrogens is 132 g/mol. The molecule has 46 valence electrons. The van der Waals surface area contributed by atoms with Crippen LogP contribution in [0.15, 0.2) is 23.8 Å². The quantitative estimate of drug-likeness (QED) is 0.471. The minimum absolute atomic E-state index is 0.0288. The van der Waals surface area contributed by atoms with Gasteiger partial charge in [-0.2, -0.15) is 0 Å². The number of rotatable bonds is 0. The molecule has 9 heavy (non-hydrogen) atoms. The van der Waals surface area contributed by atoms with Crippen molar-refractivity contribution < 1.29 is 4.79 Å². The fourth-order valence-electron chi connectivity index (χ4n) is 0.622. The van der Waals surface area contributed by atoms with Crippen molar-refractivity contribution >= 4 is 22.9 Å². The summed E-state index contributed by atoms with van der Waals surface area (Å²) >= 11 is 4.87. The molecule has 0 amide bonds. The van der Waals surface area contributed by atoms with Gasteiger partial charge in [-0.25, -0.2) is 0 Å². The minimum atomic E-state index is 0.0288. The van der Waals surface area contributed by atoms with Gasteiger partial charge < -0.3 is 0 Å². The van der Waals surface area contributed by atoms with Crippen LogP contribution in [0.3, 0.4) is 0 Å². The summed E-state index contributed by atoms with van der Waals surface area (Å²) in [5, 5.41) is 0. The van der Waals surface area contributed by atoms with Crippen LogP contribution in [0.25, 0.3) is 0 Å². The number of hydrogen-bond donors (Lipinski definition) is 0. The maximum Gasteiger partial charge on any atom is 0.179 e. The Morgan fingerprint density at radius 2 is 2.11 bits per heavy atom. The molecule has 1 rings (SSSR count). The monoisotopic (exact) mass is 138 g/mol. The van der Waals surface area contributed by atoms with Crippen molar-refractivity contribution in [1.29, 1.82) is 0 Å². The molecular formula is C7H6OS. The first kappa shape index (κ1) is 6.36. The van der Waals surface area contributed by atoms with Crippen molar-refractivity contribution in [3.8, 4) is 0 Å². The van der Waals surface area contributed by atoms with Crippen LogP contribution in [0, 0.1) is 0 Å². The molecule has 0 radical (unpaired) electrons. The second kappa shape index (κ2) is 2.23. The highest BCUT2D eigenvalue weighted by atomic mass is 32.1. The van der Waals surface area contributed by atoms with Gasteiger partial charge in [-0.3, -0.25) is 4.79 Å². The van der Waals surface area contributed by atoms with E-state index in [0.29, 0.717) is 0 Å². The Balaban J connectivity index is 2.95. The largest absolute Gasteiger partial charge is 0.290 e. The Kier molecular flexibility index (Phi) is 1.58. The van der Waals surface area contributed by atoms with Crippen molar-refractivity contribution in [2.75, 3.05) is 0 Å². The van der Waals surface area contributed by atoms with E-state index in [1.165, 1.54) is 6.08 Å². The van der Waals surface area contributed by atoms with Gasteiger partial charge in [0.15, 0.2) is 5.78 Å². The molecule has 0 aliphatic heterocycles. The smallest absolute Gasteiger partial charge is 0.179 e. The predicted molar refractivity (Wildman–Crippen MR) is 40.5 cm³/mol. The first-order valence-electron chi connectivity index (χ1n) is 2.65. The number of thiocarbonyl (C=S) groups is 1. The van der Waals surface area contributed by atoms with Gasteiger partial charge in [0, 0.05) is 4.86 Å². The zero-order chi connectivity index (χ0) is 6.85. The predicted octanol–water partition coefficient (Wildman–Crippen LogP) is 1.44. The van der Waals surface area contributed by atoms with Gasteiger partial charge in [0.05, 0.1) is 0 Å². The molecule has 2 heteroatoms. The van der Waals surface area contributed by atoms with Crippen molar-refractivity contribution in [3.05, 3.63) is 23.8 Å². The molecule has 1 aliphatic rings. The van der Waals surface area contributed by atoms with E-state index in [-0.39, 0.29) is 5.78 Å². The van der Waals surface area contributed by atoms with E-state index in [2.05, 4.69) is 0 Å². The first-order valence-corrected chi connectivity index (χ1v) is 3.05. The number of hydrogen-bond acceptors (Lipinski definition) is 2. The van der Waals surface area contributed by atoms with Crippen LogP contribution >= 0.6 is 12.2 Å². The van der Waals surface area contributed by atoms with Gasteiger partial charge >= 0.3 is 0 Å². The normalized spacial score (nSPS) is 18.1. The maximum atomic E-state index is 10.6. The lowest BCUT2D eigenvalue weighted by molar-refractivity contribution is -0.110. The Hall–Kier alpha value is -0.760. The van der Waals surface area contributed by atoms with Gasteiger partial charge in [0.25, 0.3) is 0 Å². The van der Waals surface area contributed by atoms with Crippen molar-refractivity contribution in [3.63, 3.8) is 0 Å². The van der Waals surface area contributed by atoms with Gasteiger partial charge in [0.2, 0.25) is 0 Å². The Morgan fingerprint density at radius 3 is 2.56 bits per heavy atom. The molecule has 0 bridgehead atoms. The van der Waals surface area contributed by atoms with E-state index in [9.17, 15) is 4.79 Å². The Morgan fingerprint density at radius 1 is 1.44 bits per heavy atom. The fraction of sp³-hybridized carbons (Fsp3) is 0.143. The molecule has 1 aliphatic carbocycles. The van der Waals surface area contributed by atoms with E-state index in [4.69, 9.17) is 12.2 Å². The third-order valence-electron chi connectivity index (χ3n) is 1.15. The SMILES string of the molecule is CC1=CC(=O)C=CC1=S. The summed E-state index contributed by atoms with van der Waals surface area (Å²) in [6, 6.07) is 0.